The van der Waals surface area contributed by atoms with Crippen molar-refractivity contribution >= 4 is 0 Å². The first-order valence-electron chi connectivity index (χ1n) is 6.88. The third-order valence-corrected chi connectivity index (χ3v) is 4.16. The number of fused-ring (bicyclic) bond motifs is 1. The van der Waals surface area contributed by atoms with Crippen molar-refractivity contribution in [1.29, 1.82) is 0 Å². The minimum atomic E-state index is 0.179. The van der Waals surface area contributed by atoms with Crippen molar-refractivity contribution in [2.75, 3.05) is 19.8 Å². The zero-order valence-corrected chi connectivity index (χ0v) is 11.0. The summed E-state index contributed by atoms with van der Waals surface area (Å²) in [4.78, 5) is 0. The van der Waals surface area contributed by atoms with E-state index >= 15 is 0 Å². The van der Waals surface area contributed by atoms with Crippen LogP contribution in [0.5, 0.6) is 0 Å². The normalized spacial score (nSPS) is 31.3. The molecular formula is C15H22N2O. The van der Waals surface area contributed by atoms with Gasteiger partial charge in [0.05, 0.1) is 6.61 Å². The Bertz CT molecular complexity index is 413. The van der Waals surface area contributed by atoms with Crippen molar-refractivity contribution in [2.24, 2.45) is 0 Å². The van der Waals surface area contributed by atoms with Gasteiger partial charge in [-0.3, -0.25) is 0 Å². The van der Waals surface area contributed by atoms with Gasteiger partial charge in [0.25, 0.3) is 0 Å². The molecule has 0 bridgehead atoms. The molecule has 2 aliphatic rings. The Morgan fingerprint density at radius 1 is 1.39 bits per heavy atom. The lowest BCUT2D eigenvalue weighted by Gasteiger charge is -2.31. The van der Waals surface area contributed by atoms with Crippen molar-refractivity contribution in [3.8, 4) is 0 Å². The second-order valence-electron chi connectivity index (χ2n) is 5.79. The molecule has 0 saturated carbocycles. The minimum absolute atomic E-state index is 0.179. The number of benzene rings is 1. The highest BCUT2D eigenvalue weighted by Crippen LogP contribution is 2.19. The highest BCUT2D eigenvalue weighted by atomic mass is 16.5. The van der Waals surface area contributed by atoms with Gasteiger partial charge < -0.3 is 15.4 Å². The van der Waals surface area contributed by atoms with Crippen molar-refractivity contribution in [3.63, 3.8) is 0 Å². The van der Waals surface area contributed by atoms with Crippen LogP contribution in [0, 0.1) is 0 Å². The Labute approximate surface area is 109 Å². The molecule has 2 atom stereocenters. The molecule has 0 spiro atoms. The number of hydrogen-bond acceptors (Lipinski definition) is 3. The van der Waals surface area contributed by atoms with E-state index in [1.807, 2.05) is 0 Å². The van der Waals surface area contributed by atoms with Crippen LogP contribution in [0.1, 0.15) is 24.5 Å². The summed E-state index contributed by atoms with van der Waals surface area (Å²) in [5.74, 6) is 0. The lowest BCUT2D eigenvalue weighted by molar-refractivity contribution is 0.170. The zero-order valence-electron chi connectivity index (χ0n) is 11.0. The Morgan fingerprint density at radius 3 is 3.00 bits per heavy atom. The van der Waals surface area contributed by atoms with Crippen molar-refractivity contribution in [1.82, 2.24) is 10.6 Å². The monoisotopic (exact) mass is 246 g/mol. The van der Waals surface area contributed by atoms with Gasteiger partial charge in [-0.1, -0.05) is 24.3 Å². The molecule has 2 unspecified atom stereocenters. The molecule has 1 saturated heterocycles. The van der Waals surface area contributed by atoms with Gasteiger partial charge in [-0.15, -0.1) is 0 Å². The van der Waals surface area contributed by atoms with Gasteiger partial charge in [-0.25, -0.2) is 0 Å². The Balaban J connectivity index is 1.56. The molecule has 3 nitrogen and oxygen atoms in total. The van der Waals surface area contributed by atoms with E-state index in [0.29, 0.717) is 6.04 Å². The summed E-state index contributed by atoms with van der Waals surface area (Å²) in [6, 6.07) is 9.27. The smallest absolute Gasteiger partial charge is 0.0646 e. The fourth-order valence-corrected chi connectivity index (χ4v) is 2.84. The molecule has 2 aliphatic heterocycles. The number of hydrogen-bond donors (Lipinski definition) is 2. The second kappa shape index (κ2) is 5.00. The maximum absolute atomic E-state index is 5.47. The summed E-state index contributed by atoms with van der Waals surface area (Å²) in [6.45, 7) is 6.02. The molecule has 3 rings (SSSR count). The SMILES string of the molecule is CC1(NCC2Cc3ccccc3CN2)CCOC1. The van der Waals surface area contributed by atoms with Gasteiger partial charge in [0.15, 0.2) is 0 Å². The van der Waals surface area contributed by atoms with Crippen LogP contribution in [0.4, 0.5) is 0 Å². The van der Waals surface area contributed by atoms with Gasteiger partial charge >= 0.3 is 0 Å². The summed E-state index contributed by atoms with van der Waals surface area (Å²) >= 11 is 0. The first-order chi connectivity index (χ1) is 8.75. The summed E-state index contributed by atoms with van der Waals surface area (Å²) in [5, 5.41) is 7.28. The molecule has 18 heavy (non-hydrogen) atoms. The van der Waals surface area contributed by atoms with Gasteiger partial charge in [0, 0.05) is 31.3 Å². The first kappa shape index (κ1) is 12.2. The van der Waals surface area contributed by atoms with Crippen molar-refractivity contribution in [3.05, 3.63) is 35.4 Å². The summed E-state index contributed by atoms with van der Waals surface area (Å²) < 4.78 is 5.47. The standard InChI is InChI=1S/C15H22N2O/c1-15(6-7-18-11-15)17-10-14-8-12-4-2-3-5-13(12)9-16-14/h2-5,14,16-17H,6-11H2,1H3. The lowest BCUT2D eigenvalue weighted by Crippen LogP contribution is -2.51. The lowest BCUT2D eigenvalue weighted by atomic mass is 9.94. The highest BCUT2D eigenvalue weighted by Gasteiger charge is 2.30. The van der Waals surface area contributed by atoms with Crippen LogP contribution in [0.2, 0.25) is 0 Å². The van der Waals surface area contributed by atoms with E-state index in [0.717, 1.165) is 39.1 Å². The Morgan fingerprint density at radius 2 is 2.22 bits per heavy atom. The molecule has 0 amide bonds. The van der Waals surface area contributed by atoms with Crippen LogP contribution >= 0.6 is 0 Å². The number of rotatable bonds is 3. The van der Waals surface area contributed by atoms with Gasteiger partial charge in [0.2, 0.25) is 0 Å². The second-order valence-corrected chi connectivity index (χ2v) is 5.79. The molecule has 0 radical (unpaired) electrons. The van der Waals surface area contributed by atoms with Gasteiger partial charge in [-0.2, -0.15) is 0 Å². The summed E-state index contributed by atoms with van der Waals surface area (Å²) in [6.07, 6.45) is 2.25. The minimum Gasteiger partial charge on any atom is -0.379 e. The number of ether oxygens (including phenoxy) is 1. The molecular weight excluding hydrogens is 224 g/mol. The molecule has 1 aromatic carbocycles. The average molecular weight is 246 g/mol. The molecule has 1 fully saturated rings. The van der Waals surface area contributed by atoms with Gasteiger partial charge in [0.1, 0.15) is 0 Å². The molecule has 98 valence electrons. The molecule has 1 aromatic rings. The maximum atomic E-state index is 5.47. The van der Waals surface area contributed by atoms with Crippen LogP contribution in [-0.4, -0.2) is 31.3 Å². The third-order valence-electron chi connectivity index (χ3n) is 4.16. The largest absolute Gasteiger partial charge is 0.379 e. The number of nitrogens with one attached hydrogen (secondary N) is 2. The summed E-state index contributed by atoms with van der Waals surface area (Å²) in [5.41, 5.74) is 3.12. The average Bonchev–Trinajstić information content (AvgIpc) is 2.84. The maximum Gasteiger partial charge on any atom is 0.0646 e. The topological polar surface area (TPSA) is 33.3 Å². The van der Waals surface area contributed by atoms with E-state index in [9.17, 15) is 0 Å². The molecule has 2 N–H and O–H groups in total. The van der Waals surface area contributed by atoms with E-state index in [1.165, 1.54) is 11.1 Å². The quantitative estimate of drug-likeness (QED) is 0.847. The highest BCUT2D eigenvalue weighted by molar-refractivity contribution is 5.30. The Hall–Kier alpha value is -0.900. The summed E-state index contributed by atoms with van der Waals surface area (Å²) in [7, 11) is 0. The van der Waals surface area contributed by atoms with Crippen LogP contribution in [0.15, 0.2) is 24.3 Å². The fourth-order valence-electron chi connectivity index (χ4n) is 2.84. The fraction of sp³-hybridized carbons (Fsp3) is 0.600. The van der Waals surface area contributed by atoms with E-state index in [2.05, 4.69) is 41.8 Å². The van der Waals surface area contributed by atoms with Gasteiger partial charge in [-0.05, 0) is 30.9 Å². The Kier molecular flexibility index (Phi) is 3.37. The van der Waals surface area contributed by atoms with E-state index in [-0.39, 0.29) is 5.54 Å². The van der Waals surface area contributed by atoms with Crippen LogP contribution < -0.4 is 10.6 Å². The third kappa shape index (κ3) is 2.58. The van der Waals surface area contributed by atoms with Crippen LogP contribution in [0.25, 0.3) is 0 Å². The first-order valence-corrected chi connectivity index (χ1v) is 6.88. The van der Waals surface area contributed by atoms with Crippen molar-refractivity contribution < 1.29 is 4.74 Å². The molecule has 0 aromatic heterocycles. The molecule has 2 heterocycles. The van der Waals surface area contributed by atoms with E-state index in [1.54, 1.807) is 0 Å². The predicted molar refractivity (Wildman–Crippen MR) is 72.6 cm³/mol. The van der Waals surface area contributed by atoms with E-state index in [4.69, 9.17) is 4.74 Å². The van der Waals surface area contributed by atoms with Crippen LogP contribution in [0.3, 0.4) is 0 Å². The van der Waals surface area contributed by atoms with E-state index < -0.39 is 0 Å². The molecule has 3 heteroatoms. The van der Waals surface area contributed by atoms with Crippen LogP contribution in [-0.2, 0) is 17.7 Å². The predicted octanol–water partition coefficient (Wildman–Crippen LogP) is 1.47. The molecule has 0 aliphatic carbocycles. The van der Waals surface area contributed by atoms with Crippen molar-refractivity contribution in [2.45, 2.75) is 37.9 Å². The zero-order chi connectivity index (χ0) is 12.4.